The van der Waals surface area contributed by atoms with E-state index in [-0.39, 0.29) is 12.5 Å². The number of amides is 1. The summed E-state index contributed by atoms with van der Waals surface area (Å²) in [5.74, 6) is 0.836. The van der Waals surface area contributed by atoms with Crippen molar-refractivity contribution in [1.29, 1.82) is 0 Å². The van der Waals surface area contributed by atoms with Crippen LogP contribution in [0.15, 0.2) is 65.1 Å². The lowest BCUT2D eigenvalue weighted by Gasteiger charge is -2.14. The number of fused-ring (bicyclic) bond motifs is 1. The highest BCUT2D eigenvalue weighted by Crippen LogP contribution is 2.27. The van der Waals surface area contributed by atoms with Gasteiger partial charge in [0.25, 0.3) is 5.91 Å². The van der Waals surface area contributed by atoms with Gasteiger partial charge in [0.15, 0.2) is 6.61 Å². The smallest absolute Gasteiger partial charge is 0.262 e. The first-order chi connectivity index (χ1) is 14.9. The highest BCUT2D eigenvalue weighted by atomic mass is 79.9. The van der Waals surface area contributed by atoms with Gasteiger partial charge in [-0.2, -0.15) is 4.80 Å². The molecule has 0 saturated carbocycles. The molecular formula is C24H23BrN4O2. The summed E-state index contributed by atoms with van der Waals surface area (Å²) in [5.41, 5.74) is 5.14. The van der Waals surface area contributed by atoms with Gasteiger partial charge in [0.05, 0.1) is 5.69 Å². The van der Waals surface area contributed by atoms with Gasteiger partial charge in [-0.25, -0.2) is 0 Å². The Morgan fingerprint density at radius 2 is 1.77 bits per heavy atom. The third-order valence-electron chi connectivity index (χ3n) is 4.87. The van der Waals surface area contributed by atoms with Gasteiger partial charge in [-0.1, -0.05) is 41.9 Å². The van der Waals surface area contributed by atoms with Crippen LogP contribution < -0.4 is 10.1 Å². The van der Waals surface area contributed by atoms with Gasteiger partial charge >= 0.3 is 0 Å². The van der Waals surface area contributed by atoms with E-state index in [0.29, 0.717) is 17.1 Å². The van der Waals surface area contributed by atoms with Crippen LogP contribution in [0.2, 0.25) is 0 Å². The predicted molar refractivity (Wildman–Crippen MR) is 126 cm³/mol. The summed E-state index contributed by atoms with van der Waals surface area (Å²) in [5, 5.41) is 11.9. The van der Waals surface area contributed by atoms with Crippen LogP contribution in [0.3, 0.4) is 0 Å². The summed E-state index contributed by atoms with van der Waals surface area (Å²) in [6, 6.07) is 19.3. The van der Waals surface area contributed by atoms with Gasteiger partial charge in [-0.15, -0.1) is 10.2 Å². The number of ether oxygens (including phenoxy) is 1. The van der Waals surface area contributed by atoms with Crippen molar-refractivity contribution in [2.45, 2.75) is 26.7 Å². The first-order valence-corrected chi connectivity index (χ1v) is 10.8. The summed E-state index contributed by atoms with van der Waals surface area (Å²) in [7, 11) is 0. The predicted octanol–water partition coefficient (Wildman–Crippen LogP) is 5.63. The Kier molecular flexibility index (Phi) is 6.04. The van der Waals surface area contributed by atoms with Crippen LogP contribution in [-0.4, -0.2) is 27.5 Å². The van der Waals surface area contributed by atoms with Crippen molar-refractivity contribution in [3.8, 4) is 11.4 Å². The molecule has 0 aliphatic carbocycles. The molecule has 0 saturated heterocycles. The number of benzene rings is 3. The zero-order valence-electron chi connectivity index (χ0n) is 17.6. The third-order valence-corrected chi connectivity index (χ3v) is 5.40. The minimum Gasteiger partial charge on any atom is -0.483 e. The van der Waals surface area contributed by atoms with Gasteiger partial charge in [0.1, 0.15) is 16.8 Å². The Hall–Kier alpha value is -3.19. The summed E-state index contributed by atoms with van der Waals surface area (Å²) < 4.78 is 6.82. The molecule has 0 atom stereocenters. The average molecular weight is 479 g/mol. The molecule has 4 rings (SSSR count). The van der Waals surface area contributed by atoms with E-state index >= 15 is 0 Å². The molecule has 0 fully saturated rings. The van der Waals surface area contributed by atoms with E-state index in [9.17, 15) is 4.79 Å². The number of nitrogens with one attached hydrogen (secondary N) is 1. The van der Waals surface area contributed by atoms with Crippen LogP contribution in [0, 0.1) is 6.92 Å². The van der Waals surface area contributed by atoms with E-state index in [2.05, 4.69) is 57.4 Å². The van der Waals surface area contributed by atoms with E-state index in [4.69, 9.17) is 4.74 Å². The first-order valence-electron chi connectivity index (χ1n) is 10.1. The van der Waals surface area contributed by atoms with Gasteiger partial charge in [-0.05, 0) is 72.5 Å². The Morgan fingerprint density at radius 3 is 2.52 bits per heavy atom. The van der Waals surface area contributed by atoms with E-state index in [1.54, 1.807) is 4.80 Å². The molecule has 4 aromatic rings. The molecule has 158 valence electrons. The molecule has 31 heavy (non-hydrogen) atoms. The second kappa shape index (κ2) is 8.89. The molecule has 6 nitrogen and oxygen atoms in total. The van der Waals surface area contributed by atoms with E-state index in [0.717, 1.165) is 32.6 Å². The number of aryl methyl sites for hydroxylation is 1. The molecule has 3 aromatic carbocycles. The lowest BCUT2D eigenvalue weighted by Crippen LogP contribution is -2.20. The van der Waals surface area contributed by atoms with E-state index in [1.807, 2.05) is 55.5 Å². The van der Waals surface area contributed by atoms with E-state index in [1.165, 1.54) is 0 Å². The molecule has 0 unspecified atom stereocenters. The minimum absolute atomic E-state index is 0.0627. The van der Waals surface area contributed by atoms with Crippen molar-refractivity contribution in [3.05, 3.63) is 76.3 Å². The third kappa shape index (κ3) is 4.94. The molecule has 0 aliphatic rings. The monoisotopic (exact) mass is 478 g/mol. The maximum Gasteiger partial charge on any atom is 0.262 e. The number of hydrogen-bond donors (Lipinski definition) is 1. The summed E-state index contributed by atoms with van der Waals surface area (Å²) in [6.45, 7) is 6.16. The highest BCUT2D eigenvalue weighted by molar-refractivity contribution is 9.10. The topological polar surface area (TPSA) is 69.0 Å². The fraction of sp³-hybridized carbons (Fsp3) is 0.208. The van der Waals surface area contributed by atoms with Crippen molar-refractivity contribution in [2.75, 3.05) is 11.9 Å². The Balaban J connectivity index is 1.45. The second-order valence-corrected chi connectivity index (χ2v) is 8.62. The van der Waals surface area contributed by atoms with Crippen molar-refractivity contribution in [2.24, 2.45) is 0 Å². The molecule has 1 aromatic heterocycles. The fourth-order valence-electron chi connectivity index (χ4n) is 3.27. The van der Waals surface area contributed by atoms with Gasteiger partial charge in [-0.3, -0.25) is 4.79 Å². The normalized spacial score (nSPS) is 11.1. The van der Waals surface area contributed by atoms with Crippen LogP contribution >= 0.6 is 15.9 Å². The summed E-state index contributed by atoms with van der Waals surface area (Å²) in [6.07, 6.45) is 0. The Bertz CT molecular complexity index is 1230. The number of anilines is 1. The number of nitrogens with zero attached hydrogens (tertiary/aromatic N) is 3. The molecule has 1 N–H and O–H groups in total. The van der Waals surface area contributed by atoms with E-state index < -0.39 is 0 Å². The lowest BCUT2D eigenvalue weighted by molar-refractivity contribution is -0.118. The Labute approximate surface area is 189 Å². The van der Waals surface area contributed by atoms with Crippen LogP contribution in [0.5, 0.6) is 5.75 Å². The lowest BCUT2D eigenvalue weighted by atomic mass is 10.0. The minimum atomic E-state index is -0.226. The van der Waals surface area contributed by atoms with Crippen molar-refractivity contribution in [1.82, 2.24) is 15.0 Å². The first kappa shape index (κ1) is 21.1. The zero-order chi connectivity index (χ0) is 22.0. The number of rotatable bonds is 6. The molecule has 7 heteroatoms. The molecule has 1 amide bonds. The van der Waals surface area contributed by atoms with Gasteiger partial charge in [0, 0.05) is 10.2 Å². The molecule has 0 spiro atoms. The van der Waals surface area contributed by atoms with Crippen molar-refractivity contribution in [3.63, 3.8) is 0 Å². The van der Waals surface area contributed by atoms with Crippen LogP contribution in [0.4, 0.5) is 5.69 Å². The number of halogens is 1. The van der Waals surface area contributed by atoms with Crippen LogP contribution in [0.1, 0.15) is 30.9 Å². The maximum atomic E-state index is 12.5. The standard InChI is InChI=1S/C24H23BrN4O2/c1-15(2)20-10-4-16(3)12-23(20)31-14-24(30)26-18-7-11-21-22(13-18)28-29(27-21)19-8-5-17(25)6-9-19/h4-13,15H,14H2,1-3H3,(H,26,30). The maximum absolute atomic E-state index is 12.5. The van der Waals surface area contributed by atoms with Crippen molar-refractivity contribution < 1.29 is 9.53 Å². The number of hydrogen-bond acceptors (Lipinski definition) is 4. The summed E-state index contributed by atoms with van der Waals surface area (Å²) >= 11 is 3.43. The van der Waals surface area contributed by atoms with Crippen LogP contribution in [0.25, 0.3) is 16.7 Å². The molecular weight excluding hydrogens is 456 g/mol. The number of carbonyl (C=O) groups excluding carboxylic acids is 1. The largest absolute Gasteiger partial charge is 0.483 e. The van der Waals surface area contributed by atoms with Gasteiger partial charge < -0.3 is 10.1 Å². The molecule has 1 heterocycles. The molecule has 0 radical (unpaired) electrons. The average Bonchev–Trinajstić information content (AvgIpc) is 3.16. The van der Waals surface area contributed by atoms with Crippen molar-refractivity contribution >= 4 is 38.6 Å². The van der Waals surface area contributed by atoms with Gasteiger partial charge in [0.2, 0.25) is 0 Å². The molecule has 0 bridgehead atoms. The molecule has 0 aliphatic heterocycles. The Morgan fingerprint density at radius 1 is 1.03 bits per heavy atom. The SMILES string of the molecule is Cc1ccc(C(C)C)c(OCC(=O)Nc2ccc3nn(-c4ccc(Br)cc4)nc3c2)c1. The highest BCUT2D eigenvalue weighted by Gasteiger charge is 2.12. The number of aromatic nitrogens is 3. The quantitative estimate of drug-likeness (QED) is 0.389. The fourth-order valence-corrected chi connectivity index (χ4v) is 3.53. The zero-order valence-corrected chi connectivity index (χ0v) is 19.2. The van der Waals surface area contributed by atoms with Crippen LogP contribution in [-0.2, 0) is 4.79 Å². The summed E-state index contributed by atoms with van der Waals surface area (Å²) in [4.78, 5) is 14.0. The number of carbonyl (C=O) groups is 1. The second-order valence-electron chi connectivity index (χ2n) is 7.70.